The Bertz CT molecular complexity index is 1160. The van der Waals surface area contributed by atoms with E-state index in [0.29, 0.717) is 22.7 Å². The number of piperidine rings is 1. The lowest BCUT2D eigenvalue weighted by atomic mass is 9.85. The topological polar surface area (TPSA) is 43.8 Å². The number of carbonyl (C=O) groups excluding carboxylic acids is 1. The van der Waals surface area contributed by atoms with E-state index < -0.39 is 23.3 Å². The number of carbonyl (C=O) groups is 1. The molecule has 4 nitrogen and oxygen atoms in total. The molecule has 0 aromatic heterocycles. The zero-order valence-electron chi connectivity index (χ0n) is 21.2. The van der Waals surface area contributed by atoms with Crippen LogP contribution in [-0.2, 0) is 10.4 Å². The average Bonchev–Trinajstić information content (AvgIpc) is 2.85. The van der Waals surface area contributed by atoms with Crippen molar-refractivity contribution >= 4 is 34.8 Å². The van der Waals surface area contributed by atoms with Gasteiger partial charge in [0.15, 0.2) is 0 Å². The second kappa shape index (κ2) is 12.8. The van der Waals surface area contributed by atoms with Gasteiger partial charge in [0.05, 0.1) is 11.6 Å². The third kappa shape index (κ3) is 7.74. The molecule has 4 rings (SSSR count). The molecule has 3 aromatic carbocycles. The summed E-state index contributed by atoms with van der Waals surface area (Å²) in [6, 6.07) is 17.2. The molecule has 0 unspecified atom stereocenters. The molecule has 1 aliphatic heterocycles. The highest BCUT2D eigenvalue weighted by Crippen LogP contribution is 2.33. The summed E-state index contributed by atoms with van der Waals surface area (Å²) in [5, 5.41) is 11.8. The number of hydrogen-bond donors (Lipinski definition) is 1. The maximum Gasteiger partial charge on any atom is 0.224 e. The summed E-state index contributed by atoms with van der Waals surface area (Å²) < 4.78 is 27.0. The van der Waals surface area contributed by atoms with Crippen molar-refractivity contribution in [2.75, 3.05) is 25.0 Å². The first-order valence-corrected chi connectivity index (χ1v) is 13.0. The van der Waals surface area contributed by atoms with Crippen LogP contribution in [0.3, 0.4) is 0 Å². The van der Waals surface area contributed by atoms with Gasteiger partial charge in [0.25, 0.3) is 0 Å². The minimum atomic E-state index is -0.659. The lowest BCUT2D eigenvalue weighted by Crippen LogP contribution is -2.40. The second-order valence-electron chi connectivity index (χ2n) is 9.33. The van der Waals surface area contributed by atoms with Crippen LogP contribution < -0.4 is 4.90 Å². The molecule has 1 heterocycles. The lowest BCUT2D eigenvalue weighted by molar-refractivity contribution is -0.117. The van der Waals surface area contributed by atoms with Crippen LogP contribution in [0.5, 0.6) is 0 Å². The maximum atomic E-state index is 13.5. The van der Waals surface area contributed by atoms with Crippen molar-refractivity contribution in [2.45, 2.75) is 44.8 Å². The highest BCUT2D eigenvalue weighted by atomic mass is 35.5. The van der Waals surface area contributed by atoms with E-state index in [1.807, 2.05) is 31.2 Å². The van der Waals surface area contributed by atoms with Crippen molar-refractivity contribution < 1.29 is 18.7 Å². The Morgan fingerprint density at radius 2 is 1.46 bits per heavy atom. The first-order valence-electron chi connectivity index (χ1n) is 12.2. The number of anilines is 1. The van der Waals surface area contributed by atoms with Crippen LogP contribution in [0.4, 0.5) is 14.5 Å². The van der Waals surface area contributed by atoms with E-state index >= 15 is 0 Å². The zero-order valence-corrected chi connectivity index (χ0v) is 22.7. The molecular weight excluding hydrogens is 517 g/mol. The molecule has 0 bridgehead atoms. The van der Waals surface area contributed by atoms with Gasteiger partial charge < -0.3 is 14.9 Å². The Morgan fingerprint density at radius 3 is 1.92 bits per heavy atom. The quantitative estimate of drug-likeness (QED) is 0.361. The van der Waals surface area contributed by atoms with Gasteiger partial charge in [-0.05, 0) is 86.0 Å². The molecule has 3 aromatic rings. The minimum absolute atomic E-state index is 0.209. The van der Waals surface area contributed by atoms with Crippen LogP contribution in [0.25, 0.3) is 0 Å². The van der Waals surface area contributed by atoms with Gasteiger partial charge in [-0.25, -0.2) is 8.78 Å². The number of nitrogens with zero attached hydrogens (tertiary/aromatic N) is 2. The summed E-state index contributed by atoms with van der Waals surface area (Å²) in [5.41, 5.74) is 1.38. The van der Waals surface area contributed by atoms with Crippen LogP contribution in [0, 0.1) is 11.6 Å². The van der Waals surface area contributed by atoms with Crippen LogP contribution in [0.1, 0.15) is 50.3 Å². The van der Waals surface area contributed by atoms with Gasteiger partial charge >= 0.3 is 0 Å². The molecular formula is C29H32Cl2F2N2O2. The van der Waals surface area contributed by atoms with Gasteiger partial charge in [-0.1, -0.05) is 42.3 Å². The highest BCUT2D eigenvalue weighted by Gasteiger charge is 2.32. The Labute approximate surface area is 227 Å². The van der Waals surface area contributed by atoms with E-state index in [2.05, 4.69) is 11.9 Å². The summed E-state index contributed by atoms with van der Waals surface area (Å²) >= 11 is 11.7. The van der Waals surface area contributed by atoms with Gasteiger partial charge in [0, 0.05) is 41.8 Å². The molecule has 1 saturated heterocycles. The number of rotatable bonds is 5. The Balaban J connectivity index is 0.000000220. The smallest absolute Gasteiger partial charge is 0.224 e. The molecule has 1 aliphatic rings. The fraction of sp³-hybridized carbons (Fsp3) is 0.345. The van der Waals surface area contributed by atoms with Crippen LogP contribution in [-0.4, -0.2) is 36.1 Å². The molecule has 1 fully saturated rings. The molecule has 0 aliphatic carbocycles. The molecule has 1 atom stereocenters. The molecule has 0 spiro atoms. The molecule has 37 heavy (non-hydrogen) atoms. The summed E-state index contributed by atoms with van der Waals surface area (Å²) in [7, 11) is 2.08. The summed E-state index contributed by atoms with van der Waals surface area (Å²) in [6.45, 7) is 5.17. The van der Waals surface area contributed by atoms with Gasteiger partial charge in [-0.3, -0.25) is 4.79 Å². The number of aliphatic hydroxyl groups is 1. The van der Waals surface area contributed by atoms with Crippen LogP contribution in [0.15, 0.2) is 66.7 Å². The van der Waals surface area contributed by atoms with Crippen LogP contribution >= 0.6 is 23.2 Å². The third-order valence-electron chi connectivity index (χ3n) is 6.61. The number of likely N-dealkylation sites (tertiary alicyclic amines) is 1. The third-order valence-corrected chi connectivity index (χ3v) is 7.11. The van der Waals surface area contributed by atoms with Crippen molar-refractivity contribution in [1.82, 2.24) is 4.90 Å². The SMILES string of the molecule is CC[C@H](c1cc(F)cc(F)c1)N(C(C)=O)c1ccc(Cl)cc1.CN1CCC(O)(c2ccc(Cl)cc2)CC1. The summed E-state index contributed by atoms with van der Waals surface area (Å²) in [4.78, 5) is 15.8. The normalized spacial score (nSPS) is 15.9. The number of hydrogen-bond acceptors (Lipinski definition) is 3. The van der Waals surface area contributed by atoms with Crippen LogP contribution in [0.2, 0.25) is 10.0 Å². The van der Waals surface area contributed by atoms with Crippen molar-refractivity contribution in [2.24, 2.45) is 0 Å². The fourth-order valence-electron chi connectivity index (χ4n) is 4.56. The molecule has 1 N–H and O–H groups in total. The monoisotopic (exact) mass is 548 g/mol. The predicted molar refractivity (Wildman–Crippen MR) is 146 cm³/mol. The van der Waals surface area contributed by atoms with E-state index in [1.54, 1.807) is 24.3 Å². The van der Waals surface area contributed by atoms with E-state index in [9.17, 15) is 18.7 Å². The number of amides is 1. The molecule has 198 valence electrons. The largest absolute Gasteiger partial charge is 0.385 e. The molecule has 1 amide bonds. The van der Waals surface area contributed by atoms with Gasteiger partial charge in [-0.2, -0.15) is 0 Å². The molecule has 0 radical (unpaired) electrons. The Hall–Kier alpha value is -2.51. The molecule has 0 saturated carbocycles. The maximum absolute atomic E-state index is 13.5. The van der Waals surface area contributed by atoms with Crippen molar-refractivity contribution in [3.05, 3.63) is 99.5 Å². The number of benzene rings is 3. The predicted octanol–water partition coefficient (Wildman–Crippen LogP) is 7.38. The van der Waals surface area contributed by atoms with E-state index in [4.69, 9.17) is 23.2 Å². The van der Waals surface area contributed by atoms with Gasteiger partial charge in [-0.15, -0.1) is 0 Å². The van der Waals surface area contributed by atoms with E-state index in [0.717, 1.165) is 42.6 Å². The van der Waals surface area contributed by atoms with Crippen molar-refractivity contribution in [1.29, 1.82) is 0 Å². The first-order chi connectivity index (χ1) is 17.5. The fourth-order valence-corrected chi connectivity index (χ4v) is 4.81. The average molecular weight is 549 g/mol. The Morgan fingerprint density at radius 1 is 0.973 bits per heavy atom. The standard InChI is InChI=1S/C17H16ClF2NO.C12H16ClNO/c1-3-17(12-8-14(19)10-15(20)9-12)21(11(2)22)16-6-4-13(18)5-7-16;1-14-8-6-12(15,7-9-14)10-2-4-11(13)5-3-10/h4-10,17H,3H2,1-2H3;2-5,15H,6-9H2,1H3/t17-;/m1./s1. The van der Waals surface area contributed by atoms with Gasteiger partial charge in [0.1, 0.15) is 11.6 Å². The number of halogens is 4. The molecule has 8 heteroatoms. The second-order valence-corrected chi connectivity index (χ2v) is 10.2. The van der Waals surface area contributed by atoms with E-state index in [-0.39, 0.29) is 5.91 Å². The first kappa shape index (κ1) is 29.1. The lowest BCUT2D eigenvalue weighted by Gasteiger charge is -2.36. The van der Waals surface area contributed by atoms with Crippen molar-refractivity contribution in [3.63, 3.8) is 0 Å². The van der Waals surface area contributed by atoms with Gasteiger partial charge in [0.2, 0.25) is 5.91 Å². The zero-order chi connectivity index (χ0) is 27.2. The Kier molecular flexibility index (Phi) is 10.1. The minimum Gasteiger partial charge on any atom is -0.385 e. The van der Waals surface area contributed by atoms with E-state index in [1.165, 1.54) is 24.0 Å². The summed E-state index contributed by atoms with van der Waals surface area (Å²) in [5.74, 6) is -1.53. The highest BCUT2D eigenvalue weighted by molar-refractivity contribution is 6.30. The summed E-state index contributed by atoms with van der Waals surface area (Å²) in [6.07, 6.45) is 2.11. The van der Waals surface area contributed by atoms with Crippen molar-refractivity contribution in [3.8, 4) is 0 Å².